The second-order valence-corrected chi connectivity index (χ2v) is 5.49. The highest BCUT2D eigenvalue weighted by molar-refractivity contribution is 7.12. The van der Waals surface area contributed by atoms with Gasteiger partial charge in [-0.3, -0.25) is 0 Å². The molecule has 0 radical (unpaired) electrons. The van der Waals surface area contributed by atoms with Gasteiger partial charge < -0.3 is 10.2 Å². The molecule has 0 aliphatic carbocycles. The first-order valence-corrected chi connectivity index (χ1v) is 6.69. The molecular formula is C14H17FN2S. The molecule has 1 aromatic carbocycles. The highest BCUT2D eigenvalue weighted by Crippen LogP contribution is 2.21. The first kappa shape index (κ1) is 13.1. The van der Waals surface area contributed by atoms with E-state index in [1.165, 1.54) is 15.8 Å². The zero-order valence-electron chi connectivity index (χ0n) is 10.6. The van der Waals surface area contributed by atoms with Crippen LogP contribution in [0.3, 0.4) is 0 Å². The molecule has 1 aromatic heterocycles. The second kappa shape index (κ2) is 5.98. The summed E-state index contributed by atoms with van der Waals surface area (Å²) in [4.78, 5) is 4.66. The summed E-state index contributed by atoms with van der Waals surface area (Å²) >= 11 is 1.79. The molecule has 0 saturated carbocycles. The van der Waals surface area contributed by atoms with Gasteiger partial charge in [-0.1, -0.05) is 6.07 Å². The lowest BCUT2D eigenvalue weighted by Crippen LogP contribution is -2.15. The molecule has 1 heterocycles. The maximum absolute atomic E-state index is 13.1. The van der Waals surface area contributed by atoms with Crippen LogP contribution in [0.25, 0.3) is 0 Å². The Morgan fingerprint density at radius 3 is 2.72 bits per heavy atom. The SMILES string of the molecule is CNCc1ccc(CN(C)c2cccc(F)c2)s1. The van der Waals surface area contributed by atoms with E-state index in [0.29, 0.717) is 0 Å². The number of nitrogens with one attached hydrogen (secondary N) is 1. The molecule has 0 aliphatic rings. The molecule has 4 heteroatoms. The van der Waals surface area contributed by atoms with E-state index in [1.54, 1.807) is 23.5 Å². The number of halogens is 1. The van der Waals surface area contributed by atoms with E-state index in [4.69, 9.17) is 0 Å². The van der Waals surface area contributed by atoms with E-state index in [9.17, 15) is 4.39 Å². The van der Waals surface area contributed by atoms with Crippen LogP contribution in [0.4, 0.5) is 10.1 Å². The van der Waals surface area contributed by atoms with Crippen molar-refractivity contribution >= 4 is 17.0 Å². The zero-order valence-corrected chi connectivity index (χ0v) is 11.4. The van der Waals surface area contributed by atoms with Gasteiger partial charge in [0.05, 0.1) is 6.54 Å². The van der Waals surface area contributed by atoms with Gasteiger partial charge in [0.1, 0.15) is 5.82 Å². The van der Waals surface area contributed by atoms with Gasteiger partial charge >= 0.3 is 0 Å². The van der Waals surface area contributed by atoms with E-state index in [-0.39, 0.29) is 5.82 Å². The maximum atomic E-state index is 13.1. The minimum absolute atomic E-state index is 0.193. The molecule has 0 bridgehead atoms. The first-order valence-electron chi connectivity index (χ1n) is 5.88. The van der Waals surface area contributed by atoms with Gasteiger partial charge in [0, 0.05) is 29.0 Å². The second-order valence-electron chi connectivity index (χ2n) is 4.23. The molecule has 0 unspecified atom stereocenters. The van der Waals surface area contributed by atoms with Gasteiger partial charge in [-0.05, 0) is 37.4 Å². The summed E-state index contributed by atoms with van der Waals surface area (Å²) in [6, 6.07) is 11.0. The molecule has 1 N–H and O–H groups in total. The Morgan fingerprint density at radius 2 is 2.00 bits per heavy atom. The normalized spacial score (nSPS) is 10.6. The van der Waals surface area contributed by atoms with Crippen LogP contribution in [0.5, 0.6) is 0 Å². The molecule has 96 valence electrons. The number of hydrogen-bond donors (Lipinski definition) is 1. The molecule has 0 saturated heterocycles. The van der Waals surface area contributed by atoms with Crippen molar-refractivity contribution in [2.45, 2.75) is 13.1 Å². The molecule has 2 nitrogen and oxygen atoms in total. The predicted molar refractivity (Wildman–Crippen MR) is 75.6 cm³/mol. The molecule has 0 atom stereocenters. The summed E-state index contributed by atoms with van der Waals surface area (Å²) in [5.74, 6) is -0.193. The quantitative estimate of drug-likeness (QED) is 0.892. The Bertz CT molecular complexity index is 510. The summed E-state index contributed by atoms with van der Waals surface area (Å²) < 4.78 is 13.1. The summed E-state index contributed by atoms with van der Waals surface area (Å²) in [5.41, 5.74) is 0.901. The summed E-state index contributed by atoms with van der Waals surface area (Å²) in [6.45, 7) is 1.70. The molecule has 2 aromatic rings. The van der Waals surface area contributed by atoms with Crippen LogP contribution in [-0.2, 0) is 13.1 Å². The van der Waals surface area contributed by atoms with E-state index in [1.807, 2.05) is 20.2 Å². The smallest absolute Gasteiger partial charge is 0.125 e. The Hall–Kier alpha value is -1.39. The highest BCUT2D eigenvalue weighted by Gasteiger charge is 2.05. The van der Waals surface area contributed by atoms with Gasteiger partial charge in [-0.25, -0.2) is 4.39 Å². The largest absolute Gasteiger partial charge is 0.369 e. The summed E-state index contributed by atoms with van der Waals surface area (Å²) in [7, 11) is 3.92. The van der Waals surface area contributed by atoms with Crippen LogP contribution in [0, 0.1) is 5.82 Å². The van der Waals surface area contributed by atoms with Crippen LogP contribution in [0.2, 0.25) is 0 Å². The van der Waals surface area contributed by atoms with Crippen molar-refractivity contribution in [1.29, 1.82) is 0 Å². The molecule has 0 spiro atoms. The van der Waals surface area contributed by atoms with Crippen molar-refractivity contribution in [3.63, 3.8) is 0 Å². The summed E-state index contributed by atoms with van der Waals surface area (Å²) in [5, 5.41) is 3.14. The van der Waals surface area contributed by atoms with E-state index in [0.717, 1.165) is 18.8 Å². The predicted octanol–water partition coefficient (Wildman–Crippen LogP) is 3.24. The number of hydrogen-bond acceptors (Lipinski definition) is 3. The van der Waals surface area contributed by atoms with E-state index < -0.39 is 0 Å². The molecule has 0 aliphatic heterocycles. The Balaban J connectivity index is 2.04. The number of benzene rings is 1. The topological polar surface area (TPSA) is 15.3 Å². The Morgan fingerprint density at radius 1 is 1.22 bits per heavy atom. The number of nitrogens with zero attached hydrogens (tertiary/aromatic N) is 1. The van der Waals surface area contributed by atoms with Crippen molar-refractivity contribution in [1.82, 2.24) is 5.32 Å². The molecular weight excluding hydrogens is 247 g/mol. The van der Waals surface area contributed by atoms with Gasteiger partial charge in [0.2, 0.25) is 0 Å². The van der Waals surface area contributed by atoms with Crippen molar-refractivity contribution in [2.24, 2.45) is 0 Å². The van der Waals surface area contributed by atoms with Crippen LogP contribution in [0.1, 0.15) is 9.75 Å². The standard InChI is InChI=1S/C14H17FN2S/c1-16-9-13-6-7-14(18-13)10-17(2)12-5-3-4-11(15)8-12/h3-8,16H,9-10H2,1-2H3. The lowest BCUT2D eigenvalue weighted by molar-refractivity contribution is 0.627. The lowest BCUT2D eigenvalue weighted by Gasteiger charge is -2.18. The molecule has 2 rings (SSSR count). The Labute approximate surface area is 111 Å². The van der Waals surface area contributed by atoms with Gasteiger partial charge in [0.15, 0.2) is 0 Å². The first-order chi connectivity index (χ1) is 8.69. The summed E-state index contributed by atoms with van der Waals surface area (Å²) in [6.07, 6.45) is 0. The van der Waals surface area contributed by atoms with Crippen molar-refractivity contribution in [3.8, 4) is 0 Å². The Kier molecular flexibility index (Phi) is 4.33. The lowest BCUT2D eigenvalue weighted by atomic mass is 10.3. The monoisotopic (exact) mass is 264 g/mol. The third-order valence-corrected chi connectivity index (χ3v) is 3.78. The van der Waals surface area contributed by atoms with Gasteiger partial charge in [-0.2, -0.15) is 0 Å². The fourth-order valence-electron chi connectivity index (χ4n) is 1.82. The third-order valence-electron chi connectivity index (χ3n) is 2.71. The fraction of sp³-hybridized carbons (Fsp3) is 0.286. The minimum Gasteiger partial charge on any atom is -0.369 e. The molecule has 0 amide bonds. The van der Waals surface area contributed by atoms with Crippen molar-refractivity contribution in [3.05, 3.63) is 52.0 Å². The van der Waals surface area contributed by atoms with Crippen LogP contribution < -0.4 is 10.2 Å². The van der Waals surface area contributed by atoms with Crippen molar-refractivity contribution < 1.29 is 4.39 Å². The third kappa shape index (κ3) is 3.31. The van der Waals surface area contributed by atoms with Gasteiger partial charge in [0.25, 0.3) is 0 Å². The average molecular weight is 264 g/mol. The van der Waals surface area contributed by atoms with Crippen LogP contribution in [0.15, 0.2) is 36.4 Å². The maximum Gasteiger partial charge on any atom is 0.125 e. The van der Waals surface area contributed by atoms with Crippen LogP contribution in [-0.4, -0.2) is 14.1 Å². The van der Waals surface area contributed by atoms with Gasteiger partial charge in [-0.15, -0.1) is 11.3 Å². The van der Waals surface area contributed by atoms with Crippen molar-refractivity contribution in [2.75, 3.05) is 19.0 Å². The zero-order chi connectivity index (χ0) is 13.0. The number of rotatable bonds is 5. The molecule has 18 heavy (non-hydrogen) atoms. The minimum atomic E-state index is -0.193. The van der Waals surface area contributed by atoms with Crippen LogP contribution >= 0.6 is 11.3 Å². The number of anilines is 1. The van der Waals surface area contributed by atoms with E-state index >= 15 is 0 Å². The number of thiophene rings is 1. The highest BCUT2D eigenvalue weighted by atomic mass is 32.1. The van der Waals surface area contributed by atoms with E-state index in [2.05, 4.69) is 22.3 Å². The average Bonchev–Trinajstić information content (AvgIpc) is 2.77. The molecule has 0 fully saturated rings. The fourth-order valence-corrected chi connectivity index (χ4v) is 2.90.